The highest BCUT2D eigenvalue weighted by molar-refractivity contribution is 5.76. The van der Waals surface area contributed by atoms with E-state index in [-0.39, 0.29) is 0 Å². The first-order valence-corrected chi connectivity index (χ1v) is 17.9. The van der Waals surface area contributed by atoms with Gasteiger partial charge < -0.3 is 110 Å². The first-order chi connectivity index (χ1) is 26.8. The van der Waals surface area contributed by atoms with Gasteiger partial charge in [-0.05, 0) is 6.42 Å². The summed E-state index contributed by atoms with van der Waals surface area (Å²) in [4.78, 5) is 37.3. The van der Waals surface area contributed by atoms with Crippen molar-refractivity contribution in [3.05, 3.63) is 0 Å². The molecule has 57 heavy (non-hydrogen) atoms. The topological polar surface area (TPSA) is 403 Å². The zero-order valence-electron chi connectivity index (χ0n) is 31.2. The maximum absolute atomic E-state index is 13.1. The first-order valence-electron chi connectivity index (χ1n) is 17.9. The van der Waals surface area contributed by atoms with E-state index in [1.165, 1.54) is 0 Å². The van der Waals surface area contributed by atoms with Crippen LogP contribution >= 0.6 is 0 Å². The average molecular weight is 837 g/mol. The molecule has 332 valence electrons. The fourth-order valence-corrected chi connectivity index (χ4v) is 6.80. The van der Waals surface area contributed by atoms with Crippen molar-refractivity contribution in [3.8, 4) is 0 Å². The number of methoxy groups -OCH3 is 1. The summed E-state index contributed by atoms with van der Waals surface area (Å²) in [7, 11) is 0.995. The molecule has 0 spiro atoms. The highest BCUT2D eigenvalue weighted by atomic mass is 16.8. The second kappa shape index (κ2) is 21.8. The van der Waals surface area contributed by atoms with Crippen molar-refractivity contribution in [1.82, 2.24) is 10.6 Å². The van der Waals surface area contributed by atoms with Crippen LogP contribution in [0.15, 0.2) is 0 Å². The number of hydrogen-bond acceptors (Lipinski definition) is 22. The lowest BCUT2D eigenvalue weighted by atomic mass is 9.89. The molecule has 3 aliphatic rings. The molecule has 15 N–H and O–H groups in total. The summed E-state index contributed by atoms with van der Waals surface area (Å²) in [5.41, 5.74) is 0. The normalized spacial score (nSPS) is 38.7. The number of carbonyl (C=O) groups excluding carboxylic acids is 2. The van der Waals surface area contributed by atoms with Crippen molar-refractivity contribution in [2.24, 2.45) is 0 Å². The number of nitrogens with one attached hydrogen (secondary N) is 2. The summed E-state index contributed by atoms with van der Waals surface area (Å²) in [5.74, 6) is -6.48. The van der Waals surface area contributed by atoms with Crippen molar-refractivity contribution in [2.75, 3.05) is 33.5 Å². The molecule has 0 aliphatic carbocycles. The van der Waals surface area contributed by atoms with E-state index >= 15 is 0 Å². The molecule has 0 saturated carbocycles. The summed E-state index contributed by atoms with van der Waals surface area (Å²) >= 11 is 0. The molecule has 10 unspecified atom stereocenters. The molecule has 0 radical (unpaired) electrons. The van der Waals surface area contributed by atoms with Gasteiger partial charge in [0.2, 0.25) is 11.8 Å². The van der Waals surface area contributed by atoms with Gasteiger partial charge in [-0.25, -0.2) is 4.79 Å². The van der Waals surface area contributed by atoms with Gasteiger partial charge in [0.05, 0.1) is 50.3 Å². The van der Waals surface area contributed by atoms with Crippen LogP contribution in [0.4, 0.5) is 0 Å². The van der Waals surface area contributed by atoms with Gasteiger partial charge in [-0.1, -0.05) is 0 Å². The lowest BCUT2D eigenvalue weighted by Gasteiger charge is -2.51. The Balaban J connectivity index is 2.16. The minimum atomic E-state index is -3.04. The fraction of sp³-hybridized carbons (Fsp3) is 0.906. The number of hydrogen-bond donors (Lipinski definition) is 15. The third-order valence-corrected chi connectivity index (χ3v) is 9.70. The third kappa shape index (κ3) is 11.9. The number of carboxylic acids is 1. The van der Waals surface area contributed by atoms with E-state index in [1.54, 1.807) is 0 Å². The van der Waals surface area contributed by atoms with Crippen LogP contribution in [0.5, 0.6) is 0 Å². The summed E-state index contributed by atoms with van der Waals surface area (Å²) in [6, 6.07) is -3.03. The lowest BCUT2D eigenvalue weighted by molar-refractivity contribution is -0.391. The van der Waals surface area contributed by atoms with Gasteiger partial charge in [0, 0.05) is 40.4 Å². The van der Waals surface area contributed by atoms with Crippen LogP contribution in [0.25, 0.3) is 0 Å². The van der Waals surface area contributed by atoms with Gasteiger partial charge in [0.1, 0.15) is 61.0 Å². The molecular formula is C32H56N2O23. The summed E-state index contributed by atoms with van der Waals surface area (Å²) in [5, 5.41) is 141. The van der Waals surface area contributed by atoms with E-state index in [2.05, 4.69) is 15.4 Å². The quantitative estimate of drug-likeness (QED) is 0.0506. The zero-order chi connectivity index (χ0) is 42.9. The highest BCUT2D eigenvalue weighted by Gasteiger charge is 2.60. The van der Waals surface area contributed by atoms with Crippen molar-refractivity contribution < 1.29 is 114 Å². The smallest absolute Gasteiger partial charge is 0.364 e. The molecule has 3 saturated heterocycles. The van der Waals surface area contributed by atoms with Crippen LogP contribution in [0.3, 0.4) is 0 Å². The second-order valence-electron chi connectivity index (χ2n) is 13.9. The van der Waals surface area contributed by atoms with E-state index in [4.69, 9.17) is 28.4 Å². The second-order valence-corrected chi connectivity index (χ2v) is 13.9. The number of carboxylic acid groups (broad SMARTS) is 1. The van der Waals surface area contributed by atoms with Gasteiger partial charge in [-0.3, -0.25) is 9.59 Å². The van der Waals surface area contributed by atoms with Crippen LogP contribution in [-0.4, -0.2) is 234 Å². The van der Waals surface area contributed by atoms with Crippen LogP contribution in [0, 0.1) is 0 Å². The van der Waals surface area contributed by atoms with Gasteiger partial charge in [0.25, 0.3) is 5.79 Å². The van der Waals surface area contributed by atoms with E-state index in [1.807, 2.05) is 0 Å². The van der Waals surface area contributed by atoms with Crippen LogP contribution in [-0.2, 0) is 47.5 Å². The Kier molecular flexibility index (Phi) is 18.7. The van der Waals surface area contributed by atoms with E-state index in [0.29, 0.717) is 0 Å². The van der Waals surface area contributed by atoms with Crippen molar-refractivity contribution in [2.45, 2.75) is 149 Å². The molecule has 25 nitrogen and oxygen atoms in total. The standard InChI is InChI=1S/C32H56N2O23/c1-11(39)33-19-14(42)7-32(31(49)50,56-16(19)6-13(41)8-36)57-27-25(47)30(52-15(4-5-35)21(43)24(46)28(48)51-3)54-18(10-38)26(27)55-29-20(34-12(2)40)23(45)22(44)17(9-37)53-29/h13-30,35-38,41-48H,4-10H2,1-3H3,(H,33,39)(H,34,40)(H,49,50)/t13-,14?,15+,16?,17?,18?,19+,20?,21?,22-,23?,24?,25?,26-,27?,28+,29-,30+,32-/m0/s1. The number of rotatable bonds is 20. The molecular weight excluding hydrogens is 780 g/mol. The third-order valence-electron chi connectivity index (χ3n) is 9.70. The zero-order valence-corrected chi connectivity index (χ0v) is 31.2. The van der Waals surface area contributed by atoms with E-state index in [9.17, 15) is 80.8 Å². The molecule has 0 aromatic rings. The molecule has 19 atom stereocenters. The molecule has 0 aromatic heterocycles. The van der Waals surface area contributed by atoms with Crippen LogP contribution in [0.2, 0.25) is 0 Å². The molecule has 2 amide bonds. The number of aliphatic hydroxyl groups excluding tert-OH is 12. The van der Waals surface area contributed by atoms with Gasteiger partial charge in [0.15, 0.2) is 18.9 Å². The SMILES string of the molecule is CO[C@@H](O)C(O)C(O)[C@@H](CCO)O[C@@H]1OC(CO)[C@H](O[C@@H]2OC(CO)[C@H](O)C(O)C2NC(C)=O)C(O[C@]2(C(=O)O)CC(O)[C@@H](NC(C)=O)C(C[C@H](O)CO)O2)C1O. The summed E-state index contributed by atoms with van der Waals surface area (Å²) in [6.07, 6.45) is -32.4. The number of ether oxygens (including phenoxy) is 7. The summed E-state index contributed by atoms with van der Waals surface area (Å²) < 4.78 is 39.6. The Bertz CT molecular complexity index is 1290. The average Bonchev–Trinajstić information content (AvgIpc) is 3.16. The van der Waals surface area contributed by atoms with Crippen LogP contribution < -0.4 is 10.6 Å². The van der Waals surface area contributed by atoms with Gasteiger partial charge in [-0.2, -0.15) is 0 Å². The maximum Gasteiger partial charge on any atom is 0.364 e. The molecule has 3 rings (SSSR count). The fourth-order valence-electron chi connectivity index (χ4n) is 6.80. The Morgan fingerprint density at radius 3 is 1.91 bits per heavy atom. The minimum absolute atomic E-state index is 0.499. The number of aliphatic hydroxyl groups is 12. The van der Waals surface area contributed by atoms with Gasteiger partial charge >= 0.3 is 5.97 Å². The largest absolute Gasteiger partial charge is 0.477 e. The molecule has 3 aliphatic heterocycles. The molecule has 25 heteroatoms. The molecule has 3 heterocycles. The number of amides is 2. The van der Waals surface area contributed by atoms with E-state index in [0.717, 1.165) is 21.0 Å². The predicted octanol–water partition coefficient (Wildman–Crippen LogP) is -8.59. The first kappa shape index (κ1) is 49.0. The number of aliphatic carboxylic acids is 1. The molecule has 0 aromatic carbocycles. The Hall–Kier alpha value is -2.35. The van der Waals surface area contributed by atoms with Crippen molar-refractivity contribution in [3.63, 3.8) is 0 Å². The van der Waals surface area contributed by atoms with Crippen molar-refractivity contribution in [1.29, 1.82) is 0 Å². The van der Waals surface area contributed by atoms with Crippen LogP contribution in [0.1, 0.15) is 33.1 Å². The lowest BCUT2D eigenvalue weighted by Crippen LogP contribution is -2.70. The number of carbonyl (C=O) groups is 3. The molecule has 0 bridgehead atoms. The minimum Gasteiger partial charge on any atom is -0.477 e. The molecule has 3 fully saturated rings. The maximum atomic E-state index is 13.1. The predicted molar refractivity (Wildman–Crippen MR) is 180 cm³/mol. The Morgan fingerprint density at radius 1 is 0.789 bits per heavy atom. The monoisotopic (exact) mass is 836 g/mol. The Morgan fingerprint density at radius 2 is 1.39 bits per heavy atom. The summed E-state index contributed by atoms with van der Waals surface area (Å²) in [6.45, 7) is -1.46. The van der Waals surface area contributed by atoms with Crippen molar-refractivity contribution >= 4 is 17.8 Å². The van der Waals surface area contributed by atoms with E-state index < -0.39 is 180 Å². The van der Waals surface area contributed by atoms with Gasteiger partial charge in [-0.15, -0.1) is 0 Å². The Labute approximate surface area is 325 Å². The highest BCUT2D eigenvalue weighted by Crippen LogP contribution is 2.39.